The minimum atomic E-state index is -0.807. The Labute approximate surface area is 271 Å². The molecule has 0 N–H and O–H groups in total. The topological polar surface area (TPSA) is 18.5 Å². The Morgan fingerprint density at radius 3 is 2.33 bits per heavy atom. The Kier molecular flexibility index (Phi) is 5.59. The third-order valence-electron chi connectivity index (χ3n) is 11.3. The van der Waals surface area contributed by atoms with Gasteiger partial charge in [0.25, 0.3) is 0 Å². The molecule has 0 fully saturated rings. The summed E-state index contributed by atoms with van der Waals surface area (Å²) in [5.41, 5.74) is 13.4. The number of rotatable bonds is 3. The maximum absolute atomic E-state index is 7.60. The van der Waals surface area contributed by atoms with Crippen molar-refractivity contribution in [2.24, 2.45) is 0 Å². The molecule has 1 unspecified atom stereocenters. The van der Waals surface area contributed by atoms with Crippen molar-refractivity contribution >= 4 is 22.4 Å². The van der Waals surface area contributed by atoms with Crippen LogP contribution in [-0.2, 0) is 16.4 Å². The number of fused-ring (bicyclic) bond motifs is 10. The molecule has 5 aromatic carbocycles. The third kappa shape index (κ3) is 3.48. The lowest BCUT2D eigenvalue weighted by Crippen LogP contribution is -2.35. The highest BCUT2D eigenvalue weighted by molar-refractivity contribution is 6.09. The van der Waals surface area contributed by atoms with E-state index >= 15 is 0 Å². The summed E-state index contributed by atoms with van der Waals surface area (Å²) in [6.07, 6.45) is 11.6. The number of methoxy groups -OCH3 is 1. The van der Waals surface area contributed by atoms with Gasteiger partial charge in [-0.3, -0.25) is 0 Å². The van der Waals surface area contributed by atoms with Gasteiger partial charge >= 0.3 is 0 Å². The minimum Gasteiger partial charge on any atom is -0.497 e. The van der Waals surface area contributed by atoms with Crippen LogP contribution in [0.3, 0.4) is 0 Å². The van der Waals surface area contributed by atoms with Crippen LogP contribution in [0, 0.1) is 0 Å². The second-order valence-corrected chi connectivity index (χ2v) is 14.3. The molecule has 0 spiro atoms. The van der Waals surface area contributed by atoms with Crippen LogP contribution in [0.5, 0.6) is 11.5 Å². The van der Waals surface area contributed by atoms with Gasteiger partial charge in [-0.25, -0.2) is 0 Å². The first-order valence-electron chi connectivity index (χ1n) is 16.5. The van der Waals surface area contributed by atoms with Gasteiger partial charge in [0.2, 0.25) is 0 Å². The Balaban J connectivity index is 1.32. The number of ether oxygens (including phenoxy) is 2. The van der Waals surface area contributed by atoms with Crippen molar-refractivity contribution in [1.29, 1.82) is 0 Å². The first-order chi connectivity index (χ1) is 22.3. The molecule has 1 heterocycles. The Morgan fingerprint density at radius 1 is 0.696 bits per heavy atom. The lowest BCUT2D eigenvalue weighted by molar-refractivity contribution is 0.163. The minimum absolute atomic E-state index is 0.0315. The standard InChI is InChI=1S/C44H38O2/c1-42(2)36-17-11-9-15-30(36)31-21-19-28(25-38(31)42)44(27-13-7-6-8-14-27)24-23-34-40-39(33-16-10-12-18-37(33)43(40,3)4)32-22-20-29(45-5)26-35(32)41(34)46-44/h6-10,12-16,18-26H,11,17H2,1-5H3. The molecule has 2 nitrogen and oxygen atoms in total. The number of benzene rings is 5. The summed E-state index contributed by atoms with van der Waals surface area (Å²) in [5.74, 6) is 1.74. The molecule has 9 rings (SSSR count). The highest BCUT2D eigenvalue weighted by Crippen LogP contribution is 2.59. The van der Waals surface area contributed by atoms with E-state index in [1.165, 1.54) is 44.3 Å². The fourth-order valence-electron chi connectivity index (χ4n) is 8.98. The summed E-state index contributed by atoms with van der Waals surface area (Å²) in [6.45, 7) is 9.49. The second-order valence-electron chi connectivity index (χ2n) is 14.3. The number of hydrogen-bond donors (Lipinski definition) is 0. The molecule has 3 aliphatic carbocycles. The van der Waals surface area contributed by atoms with E-state index in [0.717, 1.165) is 46.4 Å². The summed E-state index contributed by atoms with van der Waals surface area (Å²) in [7, 11) is 1.74. The van der Waals surface area contributed by atoms with Crippen LogP contribution in [0.4, 0.5) is 0 Å². The van der Waals surface area contributed by atoms with Gasteiger partial charge in [-0.05, 0) is 87.5 Å². The zero-order valence-corrected chi connectivity index (χ0v) is 27.2. The largest absolute Gasteiger partial charge is 0.497 e. The van der Waals surface area contributed by atoms with Crippen molar-refractivity contribution in [3.8, 4) is 22.6 Å². The van der Waals surface area contributed by atoms with Crippen LogP contribution >= 0.6 is 0 Å². The van der Waals surface area contributed by atoms with Gasteiger partial charge in [-0.15, -0.1) is 0 Å². The van der Waals surface area contributed by atoms with E-state index in [4.69, 9.17) is 9.47 Å². The fourth-order valence-corrected chi connectivity index (χ4v) is 8.98. The predicted octanol–water partition coefficient (Wildman–Crippen LogP) is 10.9. The Bertz CT molecular complexity index is 2210. The molecule has 4 aliphatic rings. The van der Waals surface area contributed by atoms with E-state index in [9.17, 15) is 0 Å². The monoisotopic (exact) mass is 598 g/mol. The Hall–Kier alpha value is -4.82. The highest BCUT2D eigenvalue weighted by atomic mass is 16.5. The van der Waals surface area contributed by atoms with Crippen molar-refractivity contribution in [3.63, 3.8) is 0 Å². The first-order valence-corrected chi connectivity index (χ1v) is 16.5. The van der Waals surface area contributed by atoms with Crippen molar-refractivity contribution < 1.29 is 9.47 Å². The van der Waals surface area contributed by atoms with Crippen LogP contribution in [0.15, 0.2) is 115 Å². The lowest BCUT2D eigenvalue weighted by atomic mass is 9.75. The molecule has 0 amide bonds. The van der Waals surface area contributed by atoms with Crippen LogP contribution in [-0.4, -0.2) is 7.11 Å². The zero-order valence-electron chi connectivity index (χ0n) is 27.2. The zero-order chi connectivity index (χ0) is 31.4. The van der Waals surface area contributed by atoms with E-state index in [-0.39, 0.29) is 10.8 Å². The van der Waals surface area contributed by atoms with Gasteiger partial charge < -0.3 is 9.47 Å². The van der Waals surface area contributed by atoms with Gasteiger partial charge in [-0.1, -0.05) is 118 Å². The highest BCUT2D eigenvalue weighted by Gasteiger charge is 2.45. The van der Waals surface area contributed by atoms with Gasteiger partial charge in [0.1, 0.15) is 11.5 Å². The number of hydrogen-bond acceptors (Lipinski definition) is 2. The van der Waals surface area contributed by atoms with Gasteiger partial charge in [0.05, 0.1) is 7.11 Å². The molecule has 1 atom stereocenters. The molecular weight excluding hydrogens is 560 g/mol. The summed E-state index contributed by atoms with van der Waals surface area (Å²) < 4.78 is 13.4. The molecule has 46 heavy (non-hydrogen) atoms. The lowest BCUT2D eigenvalue weighted by Gasteiger charge is -2.39. The average Bonchev–Trinajstić information content (AvgIpc) is 3.48. The van der Waals surface area contributed by atoms with E-state index < -0.39 is 5.60 Å². The molecule has 2 heteroatoms. The molecule has 0 aromatic heterocycles. The van der Waals surface area contributed by atoms with Crippen LogP contribution < -0.4 is 9.47 Å². The van der Waals surface area contributed by atoms with Gasteiger partial charge in [-0.2, -0.15) is 0 Å². The molecule has 5 aromatic rings. The summed E-state index contributed by atoms with van der Waals surface area (Å²) in [6, 6.07) is 33.1. The molecule has 226 valence electrons. The van der Waals surface area contributed by atoms with E-state index in [2.05, 4.69) is 143 Å². The molecule has 0 bridgehead atoms. The molecule has 0 saturated heterocycles. The normalized spacial score (nSPS) is 20.9. The van der Waals surface area contributed by atoms with E-state index in [1.807, 2.05) is 0 Å². The Morgan fingerprint density at radius 2 is 1.50 bits per heavy atom. The maximum atomic E-state index is 7.60. The summed E-state index contributed by atoms with van der Waals surface area (Å²) >= 11 is 0. The SMILES string of the molecule is COc1ccc2c3c(c4c(c2c1)OC(c1ccccc1)(c1ccc2c(c1)C(C)(C)C1=C2C=CCC1)C=C4)C(C)(C)c1ccccc1-3. The molecule has 0 radical (unpaired) electrons. The summed E-state index contributed by atoms with van der Waals surface area (Å²) in [4.78, 5) is 0. The fraction of sp³-hybridized carbons (Fsp3) is 0.227. The molecule has 1 aliphatic heterocycles. The summed E-state index contributed by atoms with van der Waals surface area (Å²) in [5, 5.41) is 2.28. The van der Waals surface area contributed by atoms with Crippen molar-refractivity contribution in [2.45, 2.75) is 57.0 Å². The van der Waals surface area contributed by atoms with Crippen LogP contribution in [0.25, 0.3) is 33.5 Å². The van der Waals surface area contributed by atoms with Crippen molar-refractivity contribution in [2.75, 3.05) is 7.11 Å². The van der Waals surface area contributed by atoms with E-state index in [1.54, 1.807) is 12.7 Å². The van der Waals surface area contributed by atoms with Crippen LogP contribution in [0.1, 0.15) is 79.5 Å². The van der Waals surface area contributed by atoms with Gasteiger partial charge in [0.15, 0.2) is 5.60 Å². The average molecular weight is 599 g/mol. The second kappa shape index (κ2) is 9.36. The van der Waals surface area contributed by atoms with Crippen molar-refractivity contribution in [3.05, 3.63) is 154 Å². The third-order valence-corrected chi connectivity index (χ3v) is 11.3. The smallest absolute Gasteiger partial charge is 0.178 e. The van der Waals surface area contributed by atoms with Crippen molar-refractivity contribution in [1.82, 2.24) is 0 Å². The van der Waals surface area contributed by atoms with E-state index in [0.29, 0.717) is 0 Å². The maximum Gasteiger partial charge on any atom is 0.178 e. The van der Waals surface area contributed by atoms with Gasteiger partial charge in [0, 0.05) is 32.9 Å². The van der Waals surface area contributed by atoms with Crippen LogP contribution in [0.2, 0.25) is 0 Å². The quantitative estimate of drug-likeness (QED) is 0.206. The molecular formula is C44H38O2. The predicted molar refractivity (Wildman–Crippen MR) is 190 cm³/mol. The number of allylic oxidation sites excluding steroid dienone is 4. The molecule has 0 saturated carbocycles. The first kappa shape index (κ1) is 27.5.